The highest BCUT2D eigenvalue weighted by Gasteiger charge is 2.20. The van der Waals surface area contributed by atoms with Gasteiger partial charge in [0, 0.05) is 12.6 Å². The summed E-state index contributed by atoms with van der Waals surface area (Å²) < 4.78 is 9.80. The molecule has 1 aliphatic rings. The minimum atomic E-state index is 0.336. The van der Waals surface area contributed by atoms with E-state index in [9.17, 15) is 0 Å². The molecule has 0 aromatic carbocycles. The highest BCUT2D eigenvalue weighted by molar-refractivity contribution is 5.00. The van der Waals surface area contributed by atoms with E-state index in [1.807, 2.05) is 0 Å². The standard InChI is InChI=1S/C8H12N2O2/c1-11-8-10-7(5-12-8)4-9-6-2-3-6/h5-6,9H,2-4H2,1H3. The van der Waals surface area contributed by atoms with Crippen LogP contribution in [0.4, 0.5) is 0 Å². The molecule has 12 heavy (non-hydrogen) atoms. The molecule has 1 saturated carbocycles. The quantitative estimate of drug-likeness (QED) is 0.726. The Morgan fingerprint density at radius 1 is 1.75 bits per heavy atom. The van der Waals surface area contributed by atoms with Gasteiger partial charge < -0.3 is 14.5 Å². The highest BCUT2D eigenvalue weighted by atomic mass is 16.6. The summed E-state index contributed by atoms with van der Waals surface area (Å²) in [5.74, 6) is 0. The SMILES string of the molecule is COc1nc(CNC2CC2)co1. The van der Waals surface area contributed by atoms with Crippen LogP contribution in [0.25, 0.3) is 0 Å². The summed E-state index contributed by atoms with van der Waals surface area (Å²) in [6.07, 6.45) is 4.53. The molecule has 0 amide bonds. The molecule has 0 bridgehead atoms. The van der Waals surface area contributed by atoms with Crippen LogP contribution in [0.2, 0.25) is 0 Å². The molecule has 66 valence electrons. The molecule has 1 aromatic heterocycles. The minimum absolute atomic E-state index is 0.336. The summed E-state index contributed by atoms with van der Waals surface area (Å²) in [5, 5.41) is 3.33. The predicted octanol–water partition coefficient (Wildman–Crippen LogP) is 0.935. The molecule has 0 unspecified atom stereocenters. The lowest BCUT2D eigenvalue weighted by Gasteiger charge is -1.95. The lowest BCUT2D eigenvalue weighted by atomic mass is 10.5. The maximum atomic E-state index is 4.99. The van der Waals surface area contributed by atoms with Gasteiger partial charge in [0.15, 0.2) is 0 Å². The predicted molar refractivity (Wildman–Crippen MR) is 42.9 cm³/mol. The maximum Gasteiger partial charge on any atom is 0.393 e. The summed E-state index contributed by atoms with van der Waals surface area (Å²) in [4.78, 5) is 4.08. The van der Waals surface area contributed by atoms with Gasteiger partial charge in [-0.05, 0) is 12.8 Å². The van der Waals surface area contributed by atoms with Crippen molar-refractivity contribution in [1.82, 2.24) is 10.3 Å². The largest absolute Gasteiger partial charge is 0.454 e. The molecule has 4 heteroatoms. The topological polar surface area (TPSA) is 47.3 Å². The van der Waals surface area contributed by atoms with Crippen molar-refractivity contribution in [3.05, 3.63) is 12.0 Å². The number of methoxy groups -OCH3 is 1. The van der Waals surface area contributed by atoms with E-state index in [4.69, 9.17) is 9.15 Å². The fraction of sp³-hybridized carbons (Fsp3) is 0.625. The Labute approximate surface area is 70.9 Å². The smallest absolute Gasteiger partial charge is 0.393 e. The van der Waals surface area contributed by atoms with Crippen molar-refractivity contribution < 1.29 is 9.15 Å². The average molecular weight is 168 g/mol. The lowest BCUT2D eigenvalue weighted by Crippen LogP contribution is -2.15. The molecule has 1 heterocycles. The Morgan fingerprint density at radius 3 is 3.17 bits per heavy atom. The fourth-order valence-corrected chi connectivity index (χ4v) is 1.000. The van der Waals surface area contributed by atoms with Gasteiger partial charge in [0.1, 0.15) is 6.26 Å². The third-order valence-corrected chi connectivity index (χ3v) is 1.85. The number of nitrogens with one attached hydrogen (secondary N) is 1. The van der Waals surface area contributed by atoms with Crippen molar-refractivity contribution >= 4 is 0 Å². The molecule has 1 aromatic rings. The van der Waals surface area contributed by atoms with E-state index in [0.29, 0.717) is 12.1 Å². The first-order chi connectivity index (χ1) is 5.88. The van der Waals surface area contributed by atoms with Crippen molar-refractivity contribution in [3.63, 3.8) is 0 Å². The Kier molecular flexibility index (Phi) is 1.99. The molecule has 0 atom stereocenters. The summed E-state index contributed by atoms with van der Waals surface area (Å²) in [7, 11) is 1.55. The van der Waals surface area contributed by atoms with Gasteiger partial charge in [0.2, 0.25) is 0 Å². The third kappa shape index (κ3) is 1.76. The summed E-state index contributed by atoms with van der Waals surface area (Å²) in [5.41, 5.74) is 0.902. The van der Waals surface area contributed by atoms with Crippen LogP contribution in [0, 0.1) is 0 Å². The van der Waals surface area contributed by atoms with E-state index >= 15 is 0 Å². The number of oxazole rings is 1. The number of ether oxygens (including phenoxy) is 1. The number of aromatic nitrogens is 1. The van der Waals surface area contributed by atoms with E-state index < -0.39 is 0 Å². The molecule has 1 aliphatic carbocycles. The van der Waals surface area contributed by atoms with Crippen LogP contribution in [0.1, 0.15) is 18.5 Å². The molecule has 0 saturated heterocycles. The average Bonchev–Trinajstić information content (AvgIpc) is 2.81. The zero-order valence-corrected chi connectivity index (χ0v) is 7.04. The minimum Gasteiger partial charge on any atom is -0.454 e. The number of nitrogens with zero attached hydrogens (tertiary/aromatic N) is 1. The van der Waals surface area contributed by atoms with Crippen LogP contribution in [0.5, 0.6) is 6.08 Å². The normalized spacial score (nSPS) is 16.4. The van der Waals surface area contributed by atoms with Crippen molar-refractivity contribution in [2.24, 2.45) is 0 Å². The van der Waals surface area contributed by atoms with Gasteiger partial charge in [0.05, 0.1) is 12.8 Å². The Bertz CT molecular complexity index is 255. The van der Waals surface area contributed by atoms with Gasteiger partial charge in [-0.2, -0.15) is 4.98 Å². The van der Waals surface area contributed by atoms with Crippen molar-refractivity contribution in [2.45, 2.75) is 25.4 Å². The second-order valence-corrected chi connectivity index (χ2v) is 2.96. The zero-order valence-electron chi connectivity index (χ0n) is 7.04. The number of rotatable bonds is 4. The lowest BCUT2D eigenvalue weighted by molar-refractivity contribution is 0.290. The van der Waals surface area contributed by atoms with E-state index in [1.165, 1.54) is 12.8 Å². The van der Waals surface area contributed by atoms with Crippen LogP contribution < -0.4 is 10.1 Å². The van der Waals surface area contributed by atoms with E-state index in [0.717, 1.165) is 12.2 Å². The van der Waals surface area contributed by atoms with E-state index in [2.05, 4.69) is 10.3 Å². The maximum absolute atomic E-state index is 4.99. The van der Waals surface area contributed by atoms with Crippen LogP contribution in [0.15, 0.2) is 10.7 Å². The Balaban J connectivity index is 1.84. The van der Waals surface area contributed by atoms with Crippen molar-refractivity contribution in [3.8, 4) is 6.08 Å². The second-order valence-electron chi connectivity index (χ2n) is 2.96. The molecule has 1 N–H and O–H groups in total. The summed E-state index contributed by atoms with van der Waals surface area (Å²) in [6, 6.07) is 0.702. The van der Waals surface area contributed by atoms with Gasteiger partial charge in [0.25, 0.3) is 0 Å². The van der Waals surface area contributed by atoms with Crippen molar-refractivity contribution in [1.29, 1.82) is 0 Å². The van der Waals surface area contributed by atoms with Gasteiger partial charge in [-0.3, -0.25) is 0 Å². The van der Waals surface area contributed by atoms with Gasteiger partial charge in [-0.15, -0.1) is 0 Å². The molecule has 2 rings (SSSR count). The molecule has 0 radical (unpaired) electrons. The summed E-state index contributed by atoms with van der Waals surface area (Å²) in [6.45, 7) is 0.775. The number of hydrogen-bond acceptors (Lipinski definition) is 4. The van der Waals surface area contributed by atoms with E-state index in [1.54, 1.807) is 13.4 Å². The van der Waals surface area contributed by atoms with Crippen LogP contribution in [-0.2, 0) is 6.54 Å². The molecular weight excluding hydrogens is 156 g/mol. The third-order valence-electron chi connectivity index (χ3n) is 1.85. The highest BCUT2D eigenvalue weighted by Crippen LogP contribution is 2.19. The first-order valence-corrected chi connectivity index (χ1v) is 4.10. The van der Waals surface area contributed by atoms with Gasteiger partial charge in [-0.1, -0.05) is 0 Å². The molecule has 4 nitrogen and oxygen atoms in total. The molecular formula is C8H12N2O2. The first kappa shape index (κ1) is 7.61. The second kappa shape index (κ2) is 3.15. The van der Waals surface area contributed by atoms with E-state index in [-0.39, 0.29) is 0 Å². The number of hydrogen-bond donors (Lipinski definition) is 1. The van der Waals surface area contributed by atoms with Crippen LogP contribution in [-0.4, -0.2) is 18.1 Å². The molecule has 1 fully saturated rings. The zero-order chi connectivity index (χ0) is 8.39. The Morgan fingerprint density at radius 2 is 2.58 bits per heavy atom. The van der Waals surface area contributed by atoms with Crippen molar-refractivity contribution in [2.75, 3.05) is 7.11 Å². The summed E-state index contributed by atoms with van der Waals surface area (Å²) >= 11 is 0. The first-order valence-electron chi connectivity index (χ1n) is 4.10. The Hall–Kier alpha value is -1.03. The molecule has 0 spiro atoms. The molecule has 0 aliphatic heterocycles. The van der Waals surface area contributed by atoms with Crippen LogP contribution >= 0.6 is 0 Å². The van der Waals surface area contributed by atoms with Gasteiger partial charge in [-0.25, -0.2) is 0 Å². The van der Waals surface area contributed by atoms with Gasteiger partial charge >= 0.3 is 6.08 Å². The fourth-order valence-electron chi connectivity index (χ4n) is 1.000. The van der Waals surface area contributed by atoms with Crippen LogP contribution in [0.3, 0.4) is 0 Å². The monoisotopic (exact) mass is 168 g/mol.